The molecule has 4 heteroatoms. The molecule has 1 aliphatic carbocycles. The Kier molecular flexibility index (Phi) is 3.54. The maximum atomic E-state index is 11.0. The fraction of sp³-hybridized carbons (Fsp3) is 0.375. The van der Waals surface area contributed by atoms with Crippen LogP contribution in [0.3, 0.4) is 0 Å². The Morgan fingerprint density at radius 2 is 1.90 bits per heavy atom. The van der Waals surface area contributed by atoms with E-state index in [0.717, 1.165) is 42.3 Å². The number of nitrogens with zero attached hydrogens (tertiary/aromatic N) is 1. The van der Waals surface area contributed by atoms with Gasteiger partial charge in [0.2, 0.25) is 0 Å². The average Bonchev–Trinajstić information content (AvgIpc) is 2.48. The van der Waals surface area contributed by atoms with E-state index in [9.17, 15) is 4.79 Å². The van der Waals surface area contributed by atoms with Gasteiger partial charge in [-0.3, -0.25) is 9.78 Å². The molecule has 20 heavy (non-hydrogen) atoms. The molecule has 0 bridgehead atoms. The van der Waals surface area contributed by atoms with E-state index in [1.807, 2.05) is 18.2 Å². The van der Waals surface area contributed by atoms with Crippen LogP contribution >= 0.6 is 0 Å². The van der Waals surface area contributed by atoms with Crippen LogP contribution in [0.1, 0.15) is 25.7 Å². The van der Waals surface area contributed by atoms with Crippen LogP contribution in [-0.2, 0) is 4.79 Å². The lowest BCUT2D eigenvalue weighted by atomic mass is 9.86. The summed E-state index contributed by atoms with van der Waals surface area (Å²) in [5.41, 5.74) is 2.03. The predicted octanol–water partition coefficient (Wildman–Crippen LogP) is 3.29. The van der Waals surface area contributed by atoms with E-state index in [1.54, 1.807) is 6.20 Å². The standard InChI is InChI=1S/C16H18N2O2/c19-16(20)12-6-8-13(9-7-12)18-14-5-1-3-11-4-2-10-17-15(11)14/h1-5,10,12-13,18H,6-9H2,(H,19,20). The lowest BCUT2D eigenvalue weighted by molar-refractivity contribution is -0.142. The third kappa shape index (κ3) is 2.59. The van der Waals surface area contributed by atoms with Gasteiger partial charge in [-0.2, -0.15) is 0 Å². The van der Waals surface area contributed by atoms with Gasteiger partial charge in [0.15, 0.2) is 0 Å². The number of benzene rings is 1. The van der Waals surface area contributed by atoms with Crippen LogP contribution in [-0.4, -0.2) is 22.1 Å². The van der Waals surface area contributed by atoms with E-state index < -0.39 is 5.97 Å². The summed E-state index contributed by atoms with van der Waals surface area (Å²) in [4.78, 5) is 15.4. The number of hydrogen-bond donors (Lipinski definition) is 2. The maximum absolute atomic E-state index is 11.0. The number of carbonyl (C=O) groups is 1. The highest BCUT2D eigenvalue weighted by Crippen LogP contribution is 2.28. The number of anilines is 1. The highest BCUT2D eigenvalue weighted by Gasteiger charge is 2.25. The van der Waals surface area contributed by atoms with Crippen molar-refractivity contribution in [1.82, 2.24) is 4.98 Å². The Hall–Kier alpha value is -2.10. The van der Waals surface area contributed by atoms with Crippen LogP contribution in [0.5, 0.6) is 0 Å². The molecule has 1 aromatic heterocycles. The van der Waals surface area contributed by atoms with E-state index in [4.69, 9.17) is 5.11 Å². The van der Waals surface area contributed by atoms with Crippen LogP contribution < -0.4 is 5.32 Å². The Morgan fingerprint density at radius 1 is 1.15 bits per heavy atom. The van der Waals surface area contributed by atoms with Crippen molar-refractivity contribution in [2.24, 2.45) is 5.92 Å². The third-order valence-corrected chi connectivity index (χ3v) is 4.07. The van der Waals surface area contributed by atoms with Crippen LogP contribution in [0, 0.1) is 5.92 Å². The van der Waals surface area contributed by atoms with Crippen molar-refractivity contribution in [3.05, 3.63) is 36.5 Å². The number of aliphatic carboxylic acids is 1. The molecule has 0 radical (unpaired) electrons. The van der Waals surface area contributed by atoms with Gasteiger partial charge < -0.3 is 10.4 Å². The first-order chi connectivity index (χ1) is 9.74. The lowest BCUT2D eigenvalue weighted by Gasteiger charge is -2.27. The lowest BCUT2D eigenvalue weighted by Crippen LogP contribution is -2.29. The van der Waals surface area contributed by atoms with Gasteiger partial charge in [-0.25, -0.2) is 0 Å². The van der Waals surface area contributed by atoms with Gasteiger partial charge in [0.25, 0.3) is 0 Å². The van der Waals surface area contributed by atoms with Crippen molar-refractivity contribution >= 4 is 22.6 Å². The number of carboxylic acids is 1. The first kappa shape index (κ1) is 12.9. The quantitative estimate of drug-likeness (QED) is 0.898. The van der Waals surface area contributed by atoms with Crippen molar-refractivity contribution in [3.8, 4) is 0 Å². The molecular formula is C16H18N2O2. The minimum atomic E-state index is -0.657. The summed E-state index contributed by atoms with van der Waals surface area (Å²) in [6.07, 6.45) is 5.12. The Morgan fingerprint density at radius 3 is 2.65 bits per heavy atom. The first-order valence-corrected chi connectivity index (χ1v) is 7.07. The first-order valence-electron chi connectivity index (χ1n) is 7.07. The SMILES string of the molecule is O=C(O)C1CCC(Nc2cccc3cccnc23)CC1. The fourth-order valence-corrected chi connectivity index (χ4v) is 2.93. The molecule has 2 N–H and O–H groups in total. The molecule has 1 fully saturated rings. The smallest absolute Gasteiger partial charge is 0.306 e. The largest absolute Gasteiger partial charge is 0.481 e. The molecule has 4 nitrogen and oxygen atoms in total. The van der Waals surface area contributed by atoms with Crippen molar-refractivity contribution in [2.45, 2.75) is 31.7 Å². The topological polar surface area (TPSA) is 62.2 Å². The van der Waals surface area contributed by atoms with E-state index in [-0.39, 0.29) is 5.92 Å². The summed E-state index contributed by atoms with van der Waals surface area (Å²) in [6.45, 7) is 0. The zero-order valence-corrected chi connectivity index (χ0v) is 11.2. The number of hydrogen-bond acceptors (Lipinski definition) is 3. The van der Waals surface area contributed by atoms with E-state index in [2.05, 4.69) is 22.4 Å². The van der Waals surface area contributed by atoms with Gasteiger partial charge in [-0.15, -0.1) is 0 Å². The average molecular weight is 270 g/mol. The molecule has 1 aliphatic rings. The van der Waals surface area contributed by atoms with Gasteiger partial charge in [-0.1, -0.05) is 18.2 Å². The van der Waals surface area contributed by atoms with Crippen LogP contribution in [0.15, 0.2) is 36.5 Å². The number of nitrogens with one attached hydrogen (secondary N) is 1. The van der Waals surface area contributed by atoms with Gasteiger partial charge in [-0.05, 0) is 37.8 Å². The van der Waals surface area contributed by atoms with Gasteiger partial charge >= 0.3 is 5.97 Å². The summed E-state index contributed by atoms with van der Waals surface area (Å²) in [6, 6.07) is 10.4. The molecule has 0 spiro atoms. The van der Waals surface area contributed by atoms with E-state index in [0.29, 0.717) is 6.04 Å². The second-order valence-electron chi connectivity index (χ2n) is 5.41. The highest BCUT2D eigenvalue weighted by atomic mass is 16.4. The molecule has 0 saturated heterocycles. The van der Waals surface area contributed by atoms with Crippen molar-refractivity contribution in [1.29, 1.82) is 0 Å². The molecule has 0 unspecified atom stereocenters. The zero-order valence-electron chi connectivity index (χ0n) is 11.2. The summed E-state index contributed by atoms with van der Waals surface area (Å²) < 4.78 is 0. The number of carboxylic acid groups (broad SMARTS) is 1. The second kappa shape index (κ2) is 5.49. The van der Waals surface area contributed by atoms with Gasteiger partial charge in [0.05, 0.1) is 17.1 Å². The van der Waals surface area contributed by atoms with Gasteiger partial charge in [0, 0.05) is 17.6 Å². The maximum Gasteiger partial charge on any atom is 0.306 e. The van der Waals surface area contributed by atoms with E-state index >= 15 is 0 Å². The normalized spacial score (nSPS) is 22.6. The number of fused-ring (bicyclic) bond motifs is 1. The van der Waals surface area contributed by atoms with Crippen molar-refractivity contribution in [3.63, 3.8) is 0 Å². The highest BCUT2D eigenvalue weighted by molar-refractivity contribution is 5.90. The monoisotopic (exact) mass is 270 g/mol. The molecule has 0 aliphatic heterocycles. The minimum absolute atomic E-state index is 0.168. The van der Waals surface area contributed by atoms with Crippen LogP contribution in [0.25, 0.3) is 10.9 Å². The molecule has 104 valence electrons. The Bertz CT molecular complexity index is 613. The summed E-state index contributed by atoms with van der Waals surface area (Å²) >= 11 is 0. The summed E-state index contributed by atoms with van der Waals surface area (Å²) in [7, 11) is 0. The molecule has 0 atom stereocenters. The molecule has 1 heterocycles. The molecule has 2 aromatic rings. The van der Waals surface area contributed by atoms with Crippen LogP contribution in [0.4, 0.5) is 5.69 Å². The predicted molar refractivity (Wildman–Crippen MR) is 78.7 cm³/mol. The number of aromatic nitrogens is 1. The second-order valence-corrected chi connectivity index (χ2v) is 5.41. The van der Waals surface area contributed by atoms with Crippen molar-refractivity contribution < 1.29 is 9.90 Å². The molecule has 1 aromatic carbocycles. The number of pyridine rings is 1. The third-order valence-electron chi connectivity index (χ3n) is 4.07. The van der Waals surface area contributed by atoms with Crippen LogP contribution in [0.2, 0.25) is 0 Å². The van der Waals surface area contributed by atoms with E-state index in [1.165, 1.54) is 0 Å². The Labute approximate surface area is 117 Å². The molecule has 1 saturated carbocycles. The fourth-order valence-electron chi connectivity index (χ4n) is 2.93. The number of rotatable bonds is 3. The number of para-hydroxylation sites is 1. The molecular weight excluding hydrogens is 252 g/mol. The summed E-state index contributed by atoms with van der Waals surface area (Å²) in [5, 5.41) is 13.7. The van der Waals surface area contributed by atoms with Gasteiger partial charge in [0.1, 0.15) is 0 Å². The Balaban J connectivity index is 1.73. The molecule has 0 amide bonds. The minimum Gasteiger partial charge on any atom is -0.481 e. The summed E-state index contributed by atoms with van der Waals surface area (Å²) in [5.74, 6) is -0.825. The zero-order chi connectivity index (χ0) is 13.9. The molecule has 3 rings (SSSR count). The van der Waals surface area contributed by atoms with Crippen molar-refractivity contribution in [2.75, 3.05) is 5.32 Å².